The fraction of sp³-hybridized carbons (Fsp3) is 0.929. The summed E-state index contributed by atoms with van der Waals surface area (Å²) in [5.41, 5.74) is 0. The Balaban J connectivity index is 2.30. The van der Waals surface area contributed by atoms with Gasteiger partial charge in [-0.1, -0.05) is 0 Å². The molecule has 0 aromatic rings. The number of ether oxygens (including phenoxy) is 1. The average Bonchev–Trinajstić information content (AvgIpc) is 3.02. The molecule has 2 N–H and O–H groups in total. The van der Waals surface area contributed by atoms with Crippen LogP contribution in [0.25, 0.3) is 0 Å². The molecule has 1 saturated heterocycles. The molecule has 1 atom stereocenters. The summed E-state index contributed by atoms with van der Waals surface area (Å²) in [6.45, 7) is 7.16. The van der Waals surface area contributed by atoms with E-state index in [0.717, 1.165) is 38.4 Å². The fourth-order valence-electron chi connectivity index (χ4n) is 2.19. The van der Waals surface area contributed by atoms with E-state index in [4.69, 9.17) is 4.74 Å². The number of rotatable bonds is 9. The highest BCUT2D eigenvalue weighted by Gasteiger charge is 2.15. The van der Waals surface area contributed by atoms with Gasteiger partial charge in [0, 0.05) is 33.3 Å². The molecule has 0 radical (unpaired) electrons. The summed E-state index contributed by atoms with van der Waals surface area (Å²) in [5.74, 6) is 0.904. The molecular weight excluding hydrogens is 304 g/mol. The molecule has 8 heteroatoms. The second-order valence-electron chi connectivity index (χ2n) is 5.36. The van der Waals surface area contributed by atoms with Gasteiger partial charge in [0.1, 0.15) is 0 Å². The summed E-state index contributed by atoms with van der Waals surface area (Å²) in [7, 11) is -1.47. The zero-order valence-electron chi connectivity index (χ0n) is 14.0. The van der Waals surface area contributed by atoms with Crippen molar-refractivity contribution in [1.29, 1.82) is 0 Å². The van der Waals surface area contributed by atoms with Crippen molar-refractivity contribution in [3.05, 3.63) is 0 Å². The lowest BCUT2D eigenvalue weighted by molar-refractivity contribution is 0.117. The highest BCUT2D eigenvalue weighted by atomic mass is 32.2. The molecule has 0 aromatic carbocycles. The van der Waals surface area contributed by atoms with E-state index in [-0.39, 0.29) is 11.9 Å². The minimum atomic E-state index is -3.09. The van der Waals surface area contributed by atoms with E-state index in [1.165, 1.54) is 4.31 Å². The van der Waals surface area contributed by atoms with E-state index in [2.05, 4.69) is 15.6 Å². The molecule has 130 valence electrons. The maximum atomic E-state index is 11.6. The first-order chi connectivity index (χ1) is 10.5. The molecule has 0 amide bonds. The standard InChI is InChI=1S/C14H30N4O3S/c1-4-15-14(17-12-13-8-6-11-21-13)16-9-7-10-18(3)22(19,20)5-2/h13H,4-12H2,1-3H3,(H2,15,16,17). The van der Waals surface area contributed by atoms with E-state index in [9.17, 15) is 8.42 Å². The summed E-state index contributed by atoms with van der Waals surface area (Å²) in [6.07, 6.45) is 3.15. The zero-order valence-corrected chi connectivity index (χ0v) is 14.8. The third kappa shape index (κ3) is 6.93. The van der Waals surface area contributed by atoms with Crippen molar-refractivity contribution in [2.45, 2.75) is 39.2 Å². The molecule has 0 spiro atoms. The van der Waals surface area contributed by atoms with Crippen molar-refractivity contribution in [2.75, 3.05) is 45.6 Å². The molecule has 0 aromatic heterocycles. The van der Waals surface area contributed by atoms with Crippen LogP contribution < -0.4 is 10.6 Å². The summed E-state index contributed by atoms with van der Waals surface area (Å²) in [6, 6.07) is 0. The summed E-state index contributed by atoms with van der Waals surface area (Å²) >= 11 is 0. The molecule has 1 unspecified atom stereocenters. The molecule has 22 heavy (non-hydrogen) atoms. The highest BCUT2D eigenvalue weighted by Crippen LogP contribution is 2.11. The van der Waals surface area contributed by atoms with E-state index in [1.807, 2.05) is 6.92 Å². The number of nitrogens with one attached hydrogen (secondary N) is 2. The molecule has 1 rings (SSSR count). The number of hydrogen-bond donors (Lipinski definition) is 2. The summed E-state index contributed by atoms with van der Waals surface area (Å²) < 4.78 is 30.2. The first-order valence-corrected chi connectivity index (χ1v) is 9.68. The van der Waals surface area contributed by atoms with Gasteiger partial charge in [0.2, 0.25) is 10.0 Å². The number of hydrogen-bond acceptors (Lipinski definition) is 4. The lowest BCUT2D eigenvalue weighted by Crippen LogP contribution is -2.39. The van der Waals surface area contributed by atoms with Gasteiger partial charge < -0.3 is 15.4 Å². The van der Waals surface area contributed by atoms with Crippen LogP contribution in [0.2, 0.25) is 0 Å². The Kier molecular flexibility index (Phi) is 8.74. The second kappa shape index (κ2) is 10.0. The van der Waals surface area contributed by atoms with Crippen LogP contribution in [0.3, 0.4) is 0 Å². The number of aliphatic imine (C=N–C) groups is 1. The maximum Gasteiger partial charge on any atom is 0.213 e. The fourth-order valence-corrected chi connectivity index (χ4v) is 3.04. The van der Waals surface area contributed by atoms with Crippen molar-refractivity contribution >= 4 is 16.0 Å². The number of sulfonamides is 1. The van der Waals surface area contributed by atoms with Crippen molar-refractivity contribution < 1.29 is 13.2 Å². The minimum Gasteiger partial charge on any atom is -0.376 e. The van der Waals surface area contributed by atoms with Crippen LogP contribution in [-0.4, -0.2) is 70.4 Å². The van der Waals surface area contributed by atoms with E-state index in [1.54, 1.807) is 14.0 Å². The summed E-state index contributed by atoms with van der Waals surface area (Å²) in [5, 5.41) is 6.42. The van der Waals surface area contributed by atoms with Gasteiger partial charge >= 0.3 is 0 Å². The quantitative estimate of drug-likeness (QED) is 0.362. The number of nitrogens with zero attached hydrogens (tertiary/aromatic N) is 2. The van der Waals surface area contributed by atoms with E-state index < -0.39 is 10.0 Å². The zero-order chi connectivity index (χ0) is 16.4. The van der Waals surface area contributed by atoms with Gasteiger partial charge in [-0.25, -0.2) is 12.7 Å². The molecular formula is C14H30N4O3S. The molecule has 1 fully saturated rings. The van der Waals surface area contributed by atoms with Crippen molar-refractivity contribution in [3.8, 4) is 0 Å². The molecule has 1 aliphatic rings. The van der Waals surface area contributed by atoms with E-state index >= 15 is 0 Å². The molecule has 0 saturated carbocycles. The van der Waals surface area contributed by atoms with Crippen LogP contribution >= 0.6 is 0 Å². The highest BCUT2D eigenvalue weighted by molar-refractivity contribution is 7.89. The Labute approximate surface area is 134 Å². The van der Waals surface area contributed by atoms with Crippen LogP contribution in [0, 0.1) is 0 Å². The normalized spacial score (nSPS) is 19.6. The average molecular weight is 334 g/mol. The smallest absolute Gasteiger partial charge is 0.213 e. The minimum absolute atomic E-state index is 0.141. The largest absolute Gasteiger partial charge is 0.376 e. The Morgan fingerprint density at radius 3 is 2.73 bits per heavy atom. The molecule has 7 nitrogen and oxygen atoms in total. The van der Waals surface area contributed by atoms with Crippen molar-refractivity contribution in [3.63, 3.8) is 0 Å². The van der Waals surface area contributed by atoms with Gasteiger partial charge in [0.25, 0.3) is 0 Å². The van der Waals surface area contributed by atoms with Gasteiger partial charge in [0.05, 0.1) is 18.4 Å². The van der Waals surface area contributed by atoms with Crippen molar-refractivity contribution in [2.24, 2.45) is 4.99 Å². The third-order valence-electron chi connectivity index (χ3n) is 3.60. The van der Waals surface area contributed by atoms with Gasteiger partial charge in [-0.15, -0.1) is 0 Å². The van der Waals surface area contributed by atoms with Gasteiger partial charge in [0.15, 0.2) is 5.96 Å². The van der Waals surface area contributed by atoms with Crippen LogP contribution in [0.4, 0.5) is 0 Å². The van der Waals surface area contributed by atoms with Gasteiger partial charge in [-0.2, -0.15) is 0 Å². The van der Waals surface area contributed by atoms with Crippen LogP contribution in [0.5, 0.6) is 0 Å². The monoisotopic (exact) mass is 334 g/mol. The molecule has 1 heterocycles. The topological polar surface area (TPSA) is 83.0 Å². The van der Waals surface area contributed by atoms with Gasteiger partial charge in [-0.3, -0.25) is 4.99 Å². The van der Waals surface area contributed by atoms with Crippen LogP contribution in [-0.2, 0) is 14.8 Å². The Morgan fingerprint density at radius 2 is 2.14 bits per heavy atom. The first-order valence-electron chi connectivity index (χ1n) is 8.07. The maximum absolute atomic E-state index is 11.6. The third-order valence-corrected chi connectivity index (χ3v) is 5.47. The predicted molar refractivity (Wildman–Crippen MR) is 89.7 cm³/mol. The molecule has 0 bridgehead atoms. The Hall–Kier alpha value is -0.860. The SMILES string of the molecule is CCNC(=NCC1CCCO1)NCCCN(C)S(=O)(=O)CC. The van der Waals surface area contributed by atoms with E-state index in [0.29, 0.717) is 19.6 Å². The van der Waals surface area contributed by atoms with Crippen molar-refractivity contribution in [1.82, 2.24) is 14.9 Å². The van der Waals surface area contributed by atoms with Crippen LogP contribution in [0.15, 0.2) is 4.99 Å². The molecule has 0 aliphatic carbocycles. The molecule has 1 aliphatic heterocycles. The van der Waals surface area contributed by atoms with Gasteiger partial charge in [-0.05, 0) is 33.1 Å². The number of guanidine groups is 1. The van der Waals surface area contributed by atoms with Crippen LogP contribution in [0.1, 0.15) is 33.1 Å². The first kappa shape index (κ1) is 19.2. The Bertz CT molecular complexity index is 433. The Morgan fingerprint density at radius 1 is 1.36 bits per heavy atom. The second-order valence-corrected chi connectivity index (χ2v) is 7.72. The lowest BCUT2D eigenvalue weighted by atomic mass is 10.2. The predicted octanol–water partition coefficient (Wildman–Crippen LogP) is 0.392. The lowest BCUT2D eigenvalue weighted by Gasteiger charge is -2.17. The summed E-state index contributed by atoms with van der Waals surface area (Å²) in [4.78, 5) is 4.51.